The highest BCUT2D eigenvalue weighted by atomic mass is 79.9. The van der Waals surface area contributed by atoms with Crippen molar-refractivity contribution < 1.29 is 26.3 Å². The lowest BCUT2D eigenvalue weighted by Crippen LogP contribution is -3.00. The molecule has 0 unspecified atom stereocenters. The Morgan fingerprint density at radius 3 is 1.84 bits per heavy atom. The molecule has 0 aromatic heterocycles. The number of hydrogen-bond acceptors (Lipinski definition) is 1. The Balaban J connectivity index is 0.00000245. The fourth-order valence-electron chi connectivity index (χ4n) is 5.39. The Bertz CT molecular complexity index is 1060. The normalized spacial score (nSPS) is 21.7. The van der Waals surface area contributed by atoms with Gasteiger partial charge in [0.05, 0.1) is 13.1 Å². The number of hydrogen-bond donors (Lipinski definition) is 0. The molecule has 3 aliphatic rings. The van der Waals surface area contributed by atoms with Gasteiger partial charge in [0.2, 0.25) is 5.78 Å². The van der Waals surface area contributed by atoms with Gasteiger partial charge in [-0.15, -0.1) is 0 Å². The number of quaternary nitrogens is 1. The number of Topliss-reactive ketones (excluding diaryl/α,β-unsaturated/α-hetero) is 1. The van der Waals surface area contributed by atoms with Crippen molar-refractivity contribution >= 4 is 27.3 Å². The lowest BCUT2D eigenvalue weighted by molar-refractivity contribution is -0.928. The second-order valence-electron chi connectivity index (χ2n) is 8.94. The molecule has 0 aliphatic carbocycles. The first kappa shape index (κ1) is 23.2. The third kappa shape index (κ3) is 4.68. The Labute approximate surface area is 209 Å². The summed E-state index contributed by atoms with van der Waals surface area (Å²) in [4.78, 5) is 13.2. The number of carbonyl (C=O) groups excluding carboxylic acids is 1. The first-order valence-electron chi connectivity index (χ1n) is 11.1. The standard InChI is InChI=1S/C28H27BrNO.BrH/c29-25-13-11-22(12-14-25)27(31)20-30-17-15-21(16-18-30)26(19-30)28(23-7-3-1-4-8-23)24-9-5-2-6-10-24;/h1-14,21H,15-20H2;1H/q+1;/p-1. The minimum atomic E-state index is 0. The highest BCUT2D eigenvalue weighted by molar-refractivity contribution is 9.10. The van der Waals surface area contributed by atoms with Gasteiger partial charge in [-0.25, -0.2) is 0 Å². The van der Waals surface area contributed by atoms with Crippen LogP contribution in [0.5, 0.6) is 0 Å². The summed E-state index contributed by atoms with van der Waals surface area (Å²) >= 11 is 3.47. The van der Waals surface area contributed by atoms with E-state index in [-0.39, 0.29) is 22.8 Å². The van der Waals surface area contributed by atoms with E-state index in [2.05, 4.69) is 76.6 Å². The van der Waals surface area contributed by atoms with Crippen LogP contribution in [0.4, 0.5) is 0 Å². The van der Waals surface area contributed by atoms with E-state index in [1.165, 1.54) is 29.5 Å². The zero-order valence-electron chi connectivity index (χ0n) is 18.0. The second kappa shape index (κ2) is 9.86. The number of fused-ring (bicyclic) bond motifs is 3. The van der Waals surface area contributed by atoms with Crippen LogP contribution >= 0.6 is 15.9 Å². The summed E-state index contributed by atoms with van der Waals surface area (Å²) < 4.78 is 1.90. The van der Waals surface area contributed by atoms with Crippen molar-refractivity contribution in [3.05, 3.63) is 112 Å². The molecule has 3 aliphatic heterocycles. The lowest BCUT2D eigenvalue weighted by atomic mass is 9.76. The maximum atomic E-state index is 13.2. The molecule has 2 nitrogen and oxygen atoms in total. The third-order valence-electron chi connectivity index (χ3n) is 6.99. The van der Waals surface area contributed by atoms with Gasteiger partial charge in [-0.1, -0.05) is 88.7 Å². The van der Waals surface area contributed by atoms with Crippen molar-refractivity contribution in [1.82, 2.24) is 0 Å². The zero-order valence-corrected chi connectivity index (χ0v) is 21.2. The predicted octanol–water partition coefficient (Wildman–Crippen LogP) is 3.38. The number of rotatable bonds is 5. The molecule has 0 radical (unpaired) electrons. The van der Waals surface area contributed by atoms with Crippen LogP contribution in [-0.2, 0) is 0 Å². The van der Waals surface area contributed by atoms with Crippen LogP contribution in [0, 0.1) is 5.92 Å². The van der Waals surface area contributed by atoms with Crippen LogP contribution in [0.25, 0.3) is 5.57 Å². The number of piperidine rings is 3. The number of carbonyl (C=O) groups is 1. The summed E-state index contributed by atoms with van der Waals surface area (Å²) in [6.07, 6.45) is 2.35. The molecule has 164 valence electrons. The van der Waals surface area contributed by atoms with Gasteiger partial charge < -0.3 is 21.5 Å². The van der Waals surface area contributed by atoms with Crippen molar-refractivity contribution in [3.63, 3.8) is 0 Å². The number of ketones is 1. The Kier molecular flexibility index (Phi) is 7.14. The van der Waals surface area contributed by atoms with Crippen LogP contribution in [0.3, 0.4) is 0 Å². The summed E-state index contributed by atoms with van der Waals surface area (Å²) in [5.74, 6) is 0.881. The van der Waals surface area contributed by atoms with Crippen LogP contribution in [0.2, 0.25) is 0 Å². The number of halogens is 2. The molecule has 3 fully saturated rings. The molecule has 4 heteroatoms. The molecule has 0 spiro atoms. The Hall–Kier alpha value is -2.01. The summed E-state index contributed by atoms with van der Waals surface area (Å²) in [6.45, 7) is 3.78. The molecule has 0 saturated carbocycles. The average Bonchev–Trinajstić information content (AvgIpc) is 2.82. The van der Waals surface area contributed by atoms with Gasteiger partial charge >= 0.3 is 0 Å². The topological polar surface area (TPSA) is 17.1 Å². The molecule has 0 N–H and O–H groups in total. The van der Waals surface area contributed by atoms with E-state index >= 15 is 0 Å². The van der Waals surface area contributed by atoms with E-state index in [1.54, 1.807) is 5.57 Å². The molecule has 3 aromatic carbocycles. The molecule has 3 aromatic rings. The molecule has 6 rings (SSSR count). The molecule has 3 heterocycles. The fraction of sp³-hybridized carbons (Fsp3) is 0.250. The van der Waals surface area contributed by atoms with Gasteiger partial charge in [0.1, 0.15) is 13.1 Å². The van der Waals surface area contributed by atoms with Crippen LogP contribution in [0.1, 0.15) is 34.3 Å². The van der Waals surface area contributed by atoms with E-state index in [4.69, 9.17) is 0 Å². The molecular formula is C28H27Br2NO. The van der Waals surface area contributed by atoms with Crippen molar-refractivity contribution in [3.8, 4) is 0 Å². The third-order valence-corrected chi connectivity index (χ3v) is 7.52. The monoisotopic (exact) mass is 551 g/mol. The van der Waals surface area contributed by atoms with Crippen molar-refractivity contribution in [1.29, 1.82) is 0 Å². The first-order valence-corrected chi connectivity index (χ1v) is 11.9. The summed E-state index contributed by atoms with van der Waals surface area (Å²) in [5, 5.41) is 0. The molecule has 32 heavy (non-hydrogen) atoms. The quantitative estimate of drug-likeness (QED) is 0.350. The van der Waals surface area contributed by atoms with E-state index in [0.717, 1.165) is 34.2 Å². The maximum absolute atomic E-state index is 13.2. The van der Waals surface area contributed by atoms with Gasteiger partial charge in [0.25, 0.3) is 0 Å². The fourth-order valence-corrected chi connectivity index (χ4v) is 5.65. The lowest BCUT2D eigenvalue weighted by Gasteiger charge is -2.50. The Morgan fingerprint density at radius 1 is 0.781 bits per heavy atom. The molecule has 0 amide bonds. The summed E-state index contributed by atoms with van der Waals surface area (Å²) in [5.41, 5.74) is 6.31. The van der Waals surface area contributed by atoms with Crippen molar-refractivity contribution in [2.45, 2.75) is 12.8 Å². The average molecular weight is 553 g/mol. The van der Waals surface area contributed by atoms with Gasteiger partial charge in [-0.2, -0.15) is 0 Å². The van der Waals surface area contributed by atoms with Crippen LogP contribution < -0.4 is 17.0 Å². The van der Waals surface area contributed by atoms with E-state index in [1.807, 2.05) is 24.3 Å². The van der Waals surface area contributed by atoms with Gasteiger partial charge in [0, 0.05) is 22.9 Å². The van der Waals surface area contributed by atoms with Gasteiger partial charge in [-0.3, -0.25) is 4.79 Å². The zero-order chi connectivity index (χ0) is 21.3. The highest BCUT2D eigenvalue weighted by Crippen LogP contribution is 2.43. The summed E-state index contributed by atoms with van der Waals surface area (Å²) in [7, 11) is 0. The Morgan fingerprint density at radius 2 is 1.31 bits per heavy atom. The molecule has 2 bridgehead atoms. The van der Waals surface area contributed by atoms with Gasteiger partial charge in [0.15, 0.2) is 0 Å². The molecule has 3 saturated heterocycles. The SMILES string of the molecule is O=C(C[N+]12CCC(CC1)C(=C(c1ccccc1)c1ccccc1)C2)c1ccc(Br)cc1.[Br-]. The molecule has 0 atom stereocenters. The number of nitrogens with zero attached hydrogens (tertiary/aromatic N) is 1. The van der Waals surface area contributed by atoms with Gasteiger partial charge in [-0.05, 0) is 40.3 Å². The largest absolute Gasteiger partial charge is 1.00 e. The highest BCUT2D eigenvalue weighted by Gasteiger charge is 2.45. The smallest absolute Gasteiger partial charge is 0.216 e. The summed E-state index contributed by atoms with van der Waals surface area (Å²) in [6, 6.07) is 29.4. The van der Waals surface area contributed by atoms with E-state index < -0.39 is 0 Å². The van der Waals surface area contributed by atoms with Crippen molar-refractivity contribution in [2.75, 3.05) is 26.2 Å². The molecular weight excluding hydrogens is 526 g/mol. The maximum Gasteiger partial charge on any atom is 0.216 e. The minimum absolute atomic E-state index is 0. The number of benzene rings is 3. The van der Waals surface area contributed by atoms with E-state index in [0.29, 0.717) is 12.5 Å². The van der Waals surface area contributed by atoms with Crippen molar-refractivity contribution in [2.24, 2.45) is 5.92 Å². The second-order valence-corrected chi connectivity index (χ2v) is 9.86. The first-order chi connectivity index (χ1) is 15.1. The van der Waals surface area contributed by atoms with Crippen LogP contribution in [0.15, 0.2) is 95.0 Å². The van der Waals surface area contributed by atoms with Crippen LogP contribution in [-0.4, -0.2) is 36.4 Å². The van der Waals surface area contributed by atoms with E-state index in [9.17, 15) is 4.79 Å². The minimum Gasteiger partial charge on any atom is -1.00 e. The predicted molar refractivity (Wildman–Crippen MR) is 130 cm³/mol.